The Bertz CT molecular complexity index is 164. The van der Waals surface area contributed by atoms with E-state index >= 15 is 0 Å². The first kappa shape index (κ1) is 14.8. The Balaban J connectivity index is 2.30. The van der Waals surface area contributed by atoms with Crippen LogP contribution in [0, 0.1) is 0 Å². The van der Waals surface area contributed by atoms with Crippen LogP contribution in [0.1, 0.15) is 6.92 Å². The second kappa shape index (κ2) is 9.72. The molecule has 0 aromatic carbocycles. The van der Waals surface area contributed by atoms with Crippen molar-refractivity contribution in [2.45, 2.75) is 19.5 Å². The van der Waals surface area contributed by atoms with E-state index < -0.39 is 6.48 Å². The highest BCUT2D eigenvalue weighted by Gasteiger charge is 2.14. The Hall–Kier alpha value is -0.280. The summed E-state index contributed by atoms with van der Waals surface area (Å²) < 4.78 is 26.7. The molecule has 0 aromatic heterocycles. The standard InChI is InChI=1S/C10H21NO6/c1-2-13-10-15-4-3-12-7-9(8-17-11)14-5-6-16-10/h9-10H,2-8,11H2,1H3/t9?,10-/m0/s1. The van der Waals surface area contributed by atoms with Crippen LogP contribution in [-0.2, 0) is 28.5 Å². The van der Waals surface area contributed by atoms with Gasteiger partial charge in [0.2, 0.25) is 0 Å². The maximum Gasteiger partial charge on any atom is 0.271 e. The molecule has 0 radical (unpaired) electrons. The quantitative estimate of drug-likeness (QED) is 0.683. The first-order valence-corrected chi connectivity index (χ1v) is 5.72. The van der Waals surface area contributed by atoms with Gasteiger partial charge < -0.3 is 28.5 Å². The molecule has 2 N–H and O–H groups in total. The minimum atomic E-state index is -0.658. The van der Waals surface area contributed by atoms with Crippen LogP contribution in [0.3, 0.4) is 0 Å². The average Bonchev–Trinajstić information content (AvgIpc) is 2.37. The third-order valence-electron chi connectivity index (χ3n) is 2.06. The number of ether oxygens (including phenoxy) is 5. The fourth-order valence-corrected chi connectivity index (χ4v) is 1.31. The molecule has 0 aliphatic carbocycles. The van der Waals surface area contributed by atoms with Gasteiger partial charge in [0.1, 0.15) is 6.10 Å². The molecule has 1 rings (SSSR count). The molecule has 1 fully saturated rings. The lowest BCUT2D eigenvalue weighted by Crippen LogP contribution is -2.28. The number of rotatable bonds is 4. The van der Waals surface area contributed by atoms with Gasteiger partial charge in [0.25, 0.3) is 6.48 Å². The SMILES string of the molecule is CCO[C@H]1OCCOCC(CON)OCCO1. The van der Waals surface area contributed by atoms with Crippen molar-refractivity contribution in [1.29, 1.82) is 0 Å². The maximum atomic E-state index is 5.47. The lowest BCUT2D eigenvalue weighted by Gasteiger charge is -2.17. The molecule has 0 saturated carbocycles. The van der Waals surface area contributed by atoms with Crippen molar-refractivity contribution < 1.29 is 28.5 Å². The Morgan fingerprint density at radius 1 is 1.12 bits per heavy atom. The van der Waals surface area contributed by atoms with Crippen LogP contribution < -0.4 is 5.90 Å². The van der Waals surface area contributed by atoms with Gasteiger partial charge in [0, 0.05) is 6.61 Å². The Morgan fingerprint density at radius 2 is 1.82 bits per heavy atom. The second-order valence-electron chi connectivity index (χ2n) is 3.39. The van der Waals surface area contributed by atoms with Gasteiger partial charge in [-0.25, -0.2) is 5.90 Å². The van der Waals surface area contributed by atoms with E-state index in [-0.39, 0.29) is 12.7 Å². The van der Waals surface area contributed by atoms with Crippen LogP contribution in [0.25, 0.3) is 0 Å². The van der Waals surface area contributed by atoms with Crippen molar-refractivity contribution in [2.24, 2.45) is 5.90 Å². The van der Waals surface area contributed by atoms with Gasteiger partial charge in [-0.05, 0) is 6.92 Å². The van der Waals surface area contributed by atoms with Crippen molar-refractivity contribution in [1.82, 2.24) is 0 Å². The molecule has 1 aliphatic heterocycles. The zero-order valence-corrected chi connectivity index (χ0v) is 10.1. The Morgan fingerprint density at radius 3 is 2.53 bits per heavy atom. The van der Waals surface area contributed by atoms with Gasteiger partial charge >= 0.3 is 0 Å². The number of nitrogens with two attached hydrogens (primary N) is 1. The van der Waals surface area contributed by atoms with E-state index in [1.165, 1.54) is 0 Å². The molecule has 0 spiro atoms. The van der Waals surface area contributed by atoms with E-state index in [4.69, 9.17) is 29.6 Å². The third kappa shape index (κ3) is 6.89. The van der Waals surface area contributed by atoms with Crippen molar-refractivity contribution in [3.63, 3.8) is 0 Å². The van der Waals surface area contributed by atoms with E-state index in [0.29, 0.717) is 39.6 Å². The summed E-state index contributed by atoms with van der Waals surface area (Å²) >= 11 is 0. The smallest absolute Gasteiger partial charge is 0.271 e. The highest BCUT2D eigenvalue weighted by atomic mass is 16.8. The molecular weight excluding hydrogens is 230 g/mol. The zero-order chi connectivity index (χ0) is 12.3. The Kier molecular flexibility index (Phi) is 8.45. The molecule has 102 valence electrons. The van der Waals surface area contributed by atoms with E-state index in [9.17, 15) is 0 Å². The lowest BCUT2D eigenvalue weighted by atomic mass is 10.4. The van der Waals surface area contributed by atoms with Gasteiger partial charge in [-0.1, -0.05) is 0 Å². The summed E-state index contributed by atoms with van der Waals surface area (Å²) in [6, 6.07) is 0. The molecule has 1 heterocycles. The van der Waals surface area contributed by atoms with Crippen LogP contribution in [0.15, 0.2) is 0 Å². The van der Waals surface area contributed by atoms with Crippen LogP contribution in [0.5, 0.6) is 0 Å². The Labute approximate surface area is 101 Å². The zero-order valence-electron chi connectivity index (χ0n) is 10.1. The first-order chi connectivity index (χ1) is 8.36. The predicted octanol–water partition coefficient (Wildman–Crippen LogP) is -0.355. The predicted molar refractivity (Wildman–Crippen MR) is 58.0 cm³/mol. The number of hydrogen-bond donors (Lipinski definition) is 1. The van der Waals surface area contributed by atoms with Crippen LogP contribution in [0.4, 0.5) is 0 Å². The summed E-state index contributed by atoms with van der Waals surface area (Å²) in [6.45, 7) is 4.08. The van der Waals surface area contributed by atoms with Crippen LogP contribution >= 0.6 is 0 Å². The minimum Gasteiger partial charge on any atom is -0.376 e. The van der Waals surface area contributed by atoms with E-state index in [2.05, 4.69) is 4.84 Å². The molecule has 7 nitrogen and oxygen atoms in total. The van der Waals surface area contributed by atoms with Crippen molar-refractivity contribution >= 4 is 0 Å². The lowest BCUT2D eigenvalue weighted by molar-refractivity contribution is -0.290. The summed E-state index contributed by atoms with van der Waals surface area (Å²) in [6.07, 6.45) is -0.188. The number of hydrogen-bond acceptors (Lipinski definition) is 7. The fraction of sp³-hybridized carbons (Fsp3) is 1.00. The molecule has 17 heavy (non-hydrogen) atoms. The molecule has 7 heteroatoms. The topological polar surface area (TPSA) is 81.4 Å². The highest BCUT2D eigenvalue weighted by molar-refractivity contribution is 4.55. The maximum absolute atomic E-state index is 5.47. The molecule has 0 bridgehead atoms. The molecule has 2 atom stereocenters. The normalized spacial score (nSPS) is 28.6. The summed E-state index contributed by atoms with van der Waals surface area (Å²) in [4.78, 5) is 4.54. The highest BCUT2D eigenvalue weighted by Crippen LogP contribution is 2.02. The van der Waals surface area contributed by atoms with Gasteiger partial charge in [-0.2, -0.15) is 0 Å². The van der Waals surface area contributed by atoms with Crippen molar-refractivity contribution in [3.8, 4) is 0 Å². The van der Waals surface area contributed by atoms with Gasteiger partial charge in [-0.15, -0.1) is 0 Å². The first-order valence-electron chi connectivity index (χ1n) is 5.72. The van der Waals surface area contributed by atoms with Crippen LogP contribution in [-0.4, -0.2) is 58.8 Å². The second-order valence-corrected chi connectivity index (χ2v) is 3.39. The van der Waals surface area contributed by atoms with Crippen molar-refractivity contribution in [2.75, 3.05) is 46.2 Å². The minimum absolute atomic E-state index is 0.188. The molecular formula is C10H21NO6. The molecule has 1 aliphatic rings. The molecule has 0 amide bonds. The van der Waals surface area contributed by atoms with Gasteiger partial charge in [0.05, 0.1) is 39.6 Å². The average molecular weight is 251 g/mol. The molecule has 1 saturated heterocycles. The summed E-state index contributed by atoms with van der Waals surface area (Å²) in [5, 5.41) is 0. The monoisotopic (exact) mass is 251 g/mol. The van der Waals surface area contributed by atoms with E-state index in [0.717, 1.165) is 0 Å². The molecule has 1 unspecified atom stereocenters. The van der Waals surface area contributed by atoms with Crippen LogP contribution in [0.2, 0.25) is 0 Å². The van der Waals surface area contributed by atoms with E-state index in [1.807, 2.05) is 6.92 Å². The largest absolute Gasteiger partial charge is 0.376 e. The summed E-state index contributed by atoms with van der Waals surface area (Å²) in [7, 11) is 0. The van der Waals surface area contributed by atoms with Gasteiger partial charge in [-0.3, -0.25) is 0 Å². The summed E-state index contributed by atoms with van der Waals surface area (Å²) in [5.74, 6) is 5.00. The molecule has 0 aromatic rings. The van der Waals surface area contributed by atoms with E-state index in [1.54, 1.807) is 0 Å². The van der Waals surface area contributed by atoms with Crippen molar-refractivity contribution in [3.05, 3.63) is 0 Å². The third-order valence-corrected chi connectivity index (χ3v) is 2.06. The summed E-state index contributed by atoms with van der Waals surface area (Å²) in [5.41, 5.74) is 0. The van der Waals surface area contributed by atoms with Gasteiger partial charge in [0.15, 0.2) is 0 Å². The fourth-order valence-electron chi connectivity index (χ4n) is 1.31.